The Balaban J connectivity index is 0.00000100. The van der Waals surface area contributed by atoms with E-state index >= 15 is 0 Å². The summed E-state index contributed by atoms with van der Waals surface area (Å²) in [5.41, 5.74) is 2.04. The second-order valence-corrected chi connectivity index (χ2v) is 6.48. The fraction of sp³-hybridized carbons (Fsp3) is 0.650. The van der Waals surface area contributed by atoms with Crippen LogP contribution in [0.2, 0.25) is 0 Å². The van der Waals surface area contributed by atoms with Crippen LogP contribution in [0.15, 0.2) is 24.3 Å². The first-order valence-electron chi connectivity index (χ1n) is 9.31. The number of hydrogen-bond donors (Lipinski definition) is 0. The van der Waals surface area contributed by atoms with Crippen LogP contribution >= 0.6 is 0 Å². The molecule has 0 bridgehead atoms. The zero-order valence-electron chi connectivity index (χ0n) is 15.4. The molecule has 0 spiro atoms. The average molecular weight is 329 g/mol. The van der Waals surface area contributed by atoms with Crippen LogP contribution in [-0.2, 0) is 11.3 Å². The molecule has 0 aromatic heterocycles. The molecule has 1 aromatic rings. The fourth-order valence-corrected chi connectivity index (χ4v) is 3.54. The van der Waals surface area contributed by atoms with Gasteiger partial charge < -0.3 is 4.74 Å². The Morgan fingerprint density at radius 1 is 1.12 bits per heavy atom. The van der Waals surface area contributed by atoms with Gasteiger partial charge in [0, 0.05) is 45.4 Å². The zero-order valence-corrected chi connectivity index (χ0v) is 15.4. The van der Waals surface area contributed by atoms with Crippen LogP contribution in [-0.4, -0.2) is 54.7 Å². The maximum absolute atomic E-state index is 8.85. The molecule has 2 heterocycles. The van der Waals surface area contributed by atoms with Gasteiger partial charge >= 0.3 is 0 Å². The monoisotopic (exact) mass is 329 g/mol. The van der Waals surface area contributed by atoms with Crippen molar-refractivity contribution in [2.75, 3.05) is 32.8 Å². The lowest BCUT2D eigenvalue weighted by Crippen LogP contribution is -2.52. The number of nitriles is 1. The van der Waals surface area contributed by atoms with Crippen molar-refractivity contribution in [3.8, 4) is 6.07 Å². The molecule has 4 nitrogen and oxygen atoms in total. The number of ether oxygens (including phenoxy) is 1. The molecule has 0 saturated carbocycles. The SMILES string of the molecule is CC.CC1CC(N2CCN(Cc3ccc(C#N)cc3)CC2)CCO1. The number of hydrogen-bond acceptors (Lipinski definition) is 4. The molecule has 0 amide bonds. The van der Waals surface area contributed by atoms with Crippen LogP contribution in [0, 0.1) is 11.3 Å². The molecule has 1 aromatic carbocycles. The van der Waals surface area contributed by atoms with Gasteiger partial charge in [0.2, 0.25) is 0 Å². The van der Waals surface area contributed by atoms with Gasteiger partial charge in [-0.25, -0.2) is 0 Å². The standard InChI is InChI=1S/C18H25N3O.C2H6/c1-15-12-18(6-11-22-15)21-9-7-20(8-10-21)14-17-4-2-16(13-19)3-5-17;1-2/h2-5,15,18H,6-12,14H2,1H3;1-2H3. The lowest BCUT2D eigenvalue weighted by Gasteiger charge is -2.42. The Labute approximate surface area is 147 Å². The largest absolute Gasteiger partial charge is 0.378 e. The van der Waals surface area contributed by atoms with E-state index in [9.17, 15) is 0 Å². The molecule has 3 rings (SSSR count). The molecule has 24 heavy (non-hydrogen) atoms. The van der Waals surface area contributed by atoms with Gasteiger partial charge in [0.05, 0.1) is 17.7 Å². The van der Waals surface area contributed by atoms with Crippen molar-refractivity contribution in [3.63, 3.8) is 0 Å². The van der Waals surface area contributed by atoms with E-state index in [4.69, 9.17) is 10.00 Å². The number of benzene rings is 1. The highest BCUT2D eigenvalue weighted by molar-refractivity contribution is 5.31. The normalized spacial score (nSPS) is 25.4. The predicted octanol–water partition coefficient (Wildman–Crippen LogP) is 3.27. The molecule has 2 atom stereocenters. The summed E-state index contributed by atoms with van der Waals surface area (Å²) >= 11 is 0. The van der Waals surface area contributed by atoms with Crippen molar-refractivity contribution in [1.82, 2.24) is 9.80 Å². The number of rotatable bonds is 3. The quantitative estimate of drug-likeness (QED) is 0.853. The summed E-state index contributed by atoms with van der Waals surface area (Å²) in [5.74, 6) is 0. The van der Waals surface area contributed by atoms with E-state index in [1.807, 2.05) is 26.0 Å². The predicted molar refractivity (Wildman–Crippen MR) is 97.8 cm³/mol. The minimum atomic E-state index is 0.412. The second-order valence-electron chi connectivity index (χ2n) is 6.48. The van der Waals surface area contributed by atoms with Gasteiger partial charge in [0.25, 0.3) is 0 Å². The first kappa shape index (κ1) is 18.9. The summed E-state index contributed by atoms with van der Waals surface area (Å²) in [7, 11) is 0. The molecule has 2 aliphatic rings. The van der Waals surface area contributed by atoms with Crippen LogP contribution < -0.4 is 0 Å². The van der Waals surface area contributed by atoms with Gasteiger partial charge in [-0.1, -0.05) is 26.0 Å². The van der Waals surface area contributed by atoms with E-state index in [1.165, 1.54) is 18.4 Å². The summed E-state index contributed by atoms with van der Waals surface area (Å²) in [6.45, 7) is 12.7. The highest BCUT2D eigenvalue weighted by Gasteiger charge is 2.27. The van der Waals surface area contributed by atoms with Gasteiger partial charge in [-0.3, -0.25) is 9.80 Å². The smallest absolute Gasteiger partial charge is 0.0991 e. The van der Waals surface area contributed by atoms with Crippen molar-refractivity contribution in [1.29, 1.82) is 5.26 Å². The van der Waals surface area contributed by atoms with Crippen LogP contribution in [0.5, 0.6) is 0 Å². The third kappa shape index (κ3) is 5.31. The third-order valence-corrected chi connectivity index (χ3v) is 4.87. The summed E-state index contributed by atoms with van der Waals surface area (Å²) < 4.78 is 5.66. The van der Waals surface area contributed by atoms with Gasteiger partial charge in [-0.05, 0) is 37.5 Å². The van der Waals surface area contributed by atoms with Crippen LogP contribution in [0.25, 0.3) is 0 Å². The Morgan fingerprint density at radius 3 is 2.38 bits per heavy atom. The molecule has 2 unspecified atom stereocenters. The second kappa shape index (κ2) is 9.78. The van der Waals surface area contributed by atoms with Gasteiger partial charge in [0.15, 0.2) is 0 Å². The number of nitrogens with zero attached hydrogens (tertiary/aromatic N) is 3. The zero-order chi connectivity index (χ0) is 17.4. The minimum Gasteiger partial charge on any atom is -0.378 e. The van der Waals surface area contributed by atoms with Crippen molar-refractivity contribution in [2.24, 2.45) is 0 Å². The minimum absolute atomic E-state index is 0.412. The lowest BCUT2D eigenvalue weighted by molar-refractivity contribution is -0.0286. The van der Waals surface area contributed by atoms with Crippen molar-refractivity contribution in [3.05, 3.63) is 35.4 Å². The Bertz CT molecular complexity index is 515. The molecule has 2 aliphatic heterocycles. The Kier molecular flexibility index (Phi) is 7.71. The molecule has 132 valence electrons. The third-order valence-electron chi connectivity index (χ3n) is 4.87. The van der Waals surface area contributed by atoms with Crippen LogP contribution in [0.3, 0.4) is 0 Å². The molecule has 0 N–H and O–H groups in total. The van der Waals surface area contributed by atoms with E-state index in [1.54, 1.807) is 0 Å². The average Bonchev–Trinajstić information content (AvgIpc) is 2.65. The molecule has 0 aliphatic carbocycles. The van der Waals surface area contributed by atoms with Crippen LogP contribution in [0.4, 0.5) is 0 Å². The first-order valence-corrected chi connectivity index (χ1v) is 9.31. The molecule has 2 saturated heterocycles. The summed E-state index contributed by atoms with van der Waals surface area (Å²) in [6, 6.07) is 10.9. The van der Waals surface area contributed by atoms with E-state index < -0.39 is 0 Å². The molecule has 2 fully saturated rings. The van der Waals surface area contributed by atoms with E-state index in [0.29, 0.717) is 12.1 Å². The van der Waals surface area contributed by atoms with E-state index in [2.05, 4.69) is 34.9 Å². The summed E-state index contributed by atoms with van der Waals surface area (Å²) in [6.07, 6.45) is 2.77. The Morgan fingerprint density at radius 2 is 1.79 bits per heavy atom. The Hall–Kier alpha value is -1.41. The molecular weight excluding hydrogens is 298 g/mol. The summed E-state index contributed by atoms with van der Waals surface area (Å²) in [4.78, 5) is 5.16. The van der Waals surface area contributed by atoms with Gasteiger partial charge in [0.1, 0.15) is 0 Å². The van der Waals surface area contributed by atoms with E-state index in [0.717, 1.165) is 44.9 Å². The maximum atomic E-state index is 8.85. The highest BCUT2D eigenvalue weighted by atomic mass is 16.5. The topological polar surface area (TPSA) is 39.5 Å². The van der Waals surface area contributed by atoms with Gasteiger partial charge in [-0.2, -0.15) is 5.26 Å². The number of piperazine rings is 1. The molecule has 0 radical (unpaired) electrons. The highest BCUT2D eigenvalue weighted by Crippen LogP contribution is 2.21. The molecular formula is C20H31N3O. The van der Waals surface area contributed by atoms with Crippen molar-refractivity contribution < 1.29 is 4.74 Å². The van der Waals surface area contributed by atoms with Crippen LogP contribution in [0.1, 0.15) is 44.7 Å². The lowest BCUT2D eigenvalue weighted by atomic mass is 10.0. The van der Waals surface area contributed by atoms with Crippen molar-refractivity contribution in [2.45, 2.75) is 52.3 Å². The first-order chi connectivity index (χ1) is 11.7. The van der Waals surface area contributed by atoms with Gasteiger partial charge in [-0.15, -0.1) is 0 Å². The summed E-state index contributed by atoms with van der Waals surface area (Å²) in [5, 5.41) is 8.85. The van der Waals surface area contributed by atoms with Crippen molar-refractivity contribution >= 4 is 0 Å². The maximum Gasteiger partial charge on any atom is 0.0991 e. The van der Waals surface area contributed by atoms with E-state index in [-0.39, 0.29) is 0 Å². The fourth-order valence-electron chi connectivity index (χ4n) is 3.54. The molecule has 4 heteroatoms.